The monoisotopic (exact) mass is 1610 g/mol. The molecule has 0 bridgehead atoms. The molecular weight excluding hydrogens is 1540 g/mol. The van der Waals surface area contributed by atoms with Crippen LogP contribution >= 0.6 is 0 Å². The molecule has 6 heterocycles. The maximum atomic E-state index is 6.30. The average Bonchev–Trinajstić information content (AvgIpc) is 1.57. The van der Waals surface area contributed by atoms with Gasteiger partial charge in [-0.05, 0) is 168 Å². The fraction of sp³-hybridized carbons (Fsp3) is 0. The summed E-state index contributed by atoms with van der Waals surface area (Å²) in [7, 11) is 0. The third-order valence-corrected chi connectivity index (χ3v) is 23.5. The van der Waals surface area contributed by atoms with Gasteiger partial charge in [0.15, 0.2) is 40.5 Å². The van der Waals surface area contributed by atoms with Crippen LogP contribution in [0, 0.1) is 0 Å². The molecule has 0 fully saturated rings. The molecule has 24 aromatic rings. The highest BCUT2D eigenvalue weighted by Gasteiger charge is 2.20. The second-order valence-corrected chi connectivity index (χ2v) is 31.4. The first-order valence-corrected chi connectivity index (χ1v) is 41.9. The van der Waals surface area contributed by atoms with Gasteiger partial charge in [0.05, 0.1) is 38.6 Å². The highest BCUT2D eigenvalue weighted by atomic mass is 16.3. The number of nitrogens with zero attached hydrogens (tertiary/aromatic N) is 10. The maximum Gasteiger partial charge on any atom is 0.164 e. The van der Waals surface area contributed by atoms with Crippen molar-refractivity contribution < 1.29 is 8.83 Å². The summed E-state index contributed by atoms with van der Waals surface area (Å²) >= 11 is 0. The summed E-state index contributed by atoms with van der Waals surface area (Å²) in [6, 6.07) is 146. The van der Waals surface area contributed by atoms with Crippen molar-refractivity contribution >= 4 is 88.0 Å². The predicted molar refractivity (Wildman–Crippen MR) is 512 cm³/mol. The van der Waals surface area contributed by atoms with Gasteiger partial charge in [0.25, 0.3) is 0 Å². The molecule has 126 heavy (non-hydrogen) atoms. The van der Waals surface area contributed by atoms with Gasteiger partial charge in [-0.15, -0.1) is 0 Å². The first kappa shape index (κ1) is 73.9. The Bertz CT molecular complexity index is 8300. The molecule has 0 aliphatic carbocycles. The van der Waals surface area contributed by atoms with Gasteiger partial charge in [0, 0.05) is 61.0 Å². The number of para-hydroxylation sites is 2. The van der Waals surface area contributed by atoms with Gasteiger partial charge in [0.2, 0.25) is 0 Å². The zero-order chi connectivity index (χ0) is 83.4. The van der Waals surface area contributed by atoms with Crippen molar-refractivity contribution in [3.63, 3.8) is 0 Å². The van der Waals surface area contributed by atoms with E-state index in [1.165, 1.54) is 11.1 Å². The molecule has 0 radical (unpaired) electrons. The van der Waals surface area contributed by atoms with Crippen molar-refractivity contribution in [1.29, 1.82) is 0 Å². The normalized spacial score (nSPS) is 11.5. The number of benzene rings is 18. The Balaban J connectivity index is 0.000000145. The fourth-order valence-corrected chi connectivity index (χ4v) is 16.9. The lowest BCUT2D eigenvalue weighted by molar-refractivity contribution is 0.669. The molecule has 0 aliphatic rings. The van der Waals surface area contributed by atoms with E-state index >= 15 is 0 Å². The SMILES string of the molecule is c1ccc(-c2ccc(-c3nc(-c4ccccc4)nc(-c4ccc(-c5cccc(-c6cccc(-c7ccc8nc9cc%10c(cc9nc8c7)oc7ccccc7%10)c6)c5)cc4)n3)cc2)cc1.c1ccc(-c2ccc(-c3nc(-c4ccccc4)nc(-c4ccc(-c5cccc(-c6cccc(-c7ccc8nc9ccc%10c%11ccccc%11oc%10c9nc8c7)c6)c5)cc4)n3)cc2)cc1. The number of furan rings is 2. The van der Waals surface area contributed by atoms with Gasteiger partial charge < -0.3 is 8.83 Å². The Morgan fingerprint density at radius 2 is 0.381 bits per heavy atom. The molecule has 0 amide bonds. The zero-order valence-corrected chi connectivity index (χ0v) is 67.7. The largest absolute Gasteiger partial charge is 0.456 e. The Hall–Kier alpha value is -17.2. The Morgan fingerprint density at radius 1 is 0.127 bits per heavy atom. The van der Waals surface area contributed by atoms with Crippen molar-refractivity contribution in [1.82, 2.24) is 49.8 Å². The number of fused-ring (bicyclic) bond motifs is 11. The topological polar surface area (TPSA) is 155 Å². The van der Waals surface area contributed by atoms with E-state index in [0.717, 1.165) is 199 Å². The van der Waals surface area contributed by atoms with Crippen LogP contribution in [0.2, 0.25) is 0 Å². The van der Waals surface area contributed by atoms with E-state index in [4.69, 9.17) is 58.7 Å². The highest BCUT2D eigenvalue weighted by Crippen LogP contribution is 2.40. The molecule has 588 valence electrons. The van der Waals surface area contributed by atoms with E-state index in [9.17, 15) is 0 Å². The van der Waals surface area contributed by atoms with Crippen molar-refractivity contribution in [2.75, 3.05) is 0 Å². The summed E-state index contributed by atoms with van der Waals surface area (Å²) in [5.41, 5.74) is 33.4. The first-order valence-electron chi connectivity index (χ1n) is 41.9. The number of rotatable bonds is 14. The first-order chi connectivity index (χ1) is 62.3. The predicted octanol–water partition coefficient (Wildman–Crippen LogP) is 29.1. The Kier molecular flexibility index (Phi) is 18.6. The minimum Gasteiger partial charge on any atom is -0.456 e. The molecule has 0 saturated heterocycles. The minimum absolute atomic E-state index is 0.624. The van der Waals surface area contributed by atoms with Gasteiger partial charge in [-0.2, -0.15) is 0 Å². The van der Waals surface area contributed by atoms with Crippen LogP contribution < -0.4 is 0 Å². The van der Waals surface area contributed by atoms with E-state index in [0.29, 0.717) is 34.9 Å². The van der Waals surface area contributed by atoms with Crippen LogP contribution in [-0.4, -0.2) is 49.8 Å². The number of hydrogen-bond donors (Lipinski definition) is 0. The van der Waals surface area contributed by atoms with Crippen molar-refractivity contribution in [2.45, 2.75) is 0 Å². The maximum absolute atomic E-state index is 6.30. The third-order valence-electron chi connectivity index (χ3n) is 23.5. The summed E-state index contributed by atoms with van der Waals surface area (Å²) in [4.78, 5) is 50.0. The Labute approximate surface area is 724 Å². The lowest BCUT2D eigenvalue weighted by atomic mass is 9.96. The summed E-state index contributed by atoms with van der Waals surface area (Å²) in [5.74, 6) is 3.78. The molecule has 18 aromatic carbocycles. The second-order valence-electron chi connectivity index (χ2n) is 31.4. The fourth-order valence-electron chi connectivity index (χ4n) is 16.9. The quantitative estimate of drug-likeness (QED) is 0.0952. The van der Waals surface area contributed by atoms with Crippen LogP contribution in [0.4, 0.5) is 0 Å². The van der Waals surface area contributed by atoms with Crippen molar-refractivity contribution in [2.24, 2.45) is 0 Å². The Morgan fingerprint density at radius 3 is 0.786 bits per heavy atom. The minimum atomic E-state index is 0.624. The van der Waals surface area contributed by atoms with E-state index in [1.54, 1.807) is 0 Å². The highest BCUT2D eigenvalue weighted by molar-refractivity contribution is 6.14. The summed E-state index contributed by atoms with van der Waals surface area (Å²) in [5, 5.41) is 4.26. The van der Waals surface area contributed by atoms with Crippen LogP contribution in [0.25, 0.3) is 245 Å². The number of aromatic nitrogens is 10. The van der Waals surface area contributed by atoms with Crippen molar-refractivity contribution in [3.8, 4) is 157 Å². The molecule has 6 aromatic heterocycles. The van der Waals surface area contributed by atoms with Gasteiger partial charge in [-0.1, -0.05) is 340 Å². The van der Waals surface area contributed by atoms with E-state index in [1.807, 2.05) is 121 Å². The van der Waals surface area contributed by atoms with Crippen molar-refractivity contribution in [3.05, 3.63) is 425 Å². The van der Waals surface area contributed by atoms with Gasteiger partial charge in [-0.3, -0.25) is 0 Å². The zero-order valence-electron chi connectivity index (χ0n) is 67.7. The molecular formula is C114H70N10O2. The van der Waals surface area contributed by atoms with Crippen LogP contribution in [0.1, 0.15) is 0 Å². The molecule has 0 unspecified atom stereocenters. The van der Waals surface area contributed by atoms with E-state index in [2.05, 4.69) is 303 Å². The lowest BCUT2D eigenvalue weighted by Crippen LogP contribution is -2.00. The second kappa shape index (κ2) is 31.7. The summed E-state index contributed by atoms with van der Waals surface area (Å²) in [6.45, 7) is 0. The van der Waals surface area contributed by atoms with Gasteiger partial charge in [0.1, 0.15) is 22.3 Å². The smallest absolute Gasteiger partial charge is 0.164 e. The molecule has 0 aliphatic heterocycles. The molecule has 24 rings (SSSR count). The van der Waals surface area contributed by atoms with Crippen LogP contribution in [0.15, 0.2) is 433 Å². The molecule has 0 N–H and O–H groups in total. The van der Waals surface area contributed by atoms with E-state index in [-0.39, 0.29) is 0 Å². The summed E-state index contributed by atoms with van der Waals surface area (Å²) < 4.78 is 12.5. The molecule has 0 atom stereocenters. The average molecular weight is 1610 g/mol. The molecule has 12 nitrogen and oxygen atoms in total. The van der Waals surface area contributed by atoms with E-state index < -0.39 is 0 Å². The summed E-state index contributed by atoms with van der Waals surface area (Å²) in [6.07, 6.45) is 0. The molecule has 12 heteroatoms. The third kappa shape index (κ3) is 14.4. The van der Waals surface area contributed by atoms with Gasteiger partial charge in [-0.25, -0.2) is 49.8 Å². The van der Waals surface area contributed by atoms with Gasteiger partial charge >= 0.3 is 0 Å². The molecule has 0 spiro atoms. The number of hydrogen-bond acceptors (Lipinski definition) is 12. The lowest BCUT2D eigenvalue weighted by Gasteiger charge is -2.11. The standard InChI is InChI=1S/2C57H35N5O/c1-3-11-36(12-4-1)37-21-25-40(26-22-37)56-60-55(39-13-5-2-6-14-39)61-57(62-56)41-27-23-38(24-28-41)42-15-9-16-43(33-42)44-17-10-18-45(34-44)46-29-31-49-51(35-46)59-53-50(58-49)32-30-48-47-19-7-8-20-52(47)63-54(48)53;1-3-11-36(12-4-1)37-21-25-40(26-22-37)56-60-55(39-13-5-2-6-14-39)61-57(62-56)41-27-23-38(24-28-41)42-15-9-16-43(31-42)44-17-10-18-45(32-44)46-29-30-49-50(33-46)59-52-35-54-48(34-51(52)58-49)47-19-7-8-20-53(47)63-54/h2*1-35H. The van der Waals surface area contributed by atoms with Crippen LogP contribution in [0.5, 0.6) is 0 Å². The molecule has 0 saturated carbocycles. The van der Waals surface area contributed by atoms with Crippen LogP contribution in [-0.2, 0) is 0 Å². The van der Waals surface area contributed by atoms with Crippen LogP contribution in [0.3, 0.4) is 0 Å².